The van der Waals surface area contributed by atoms with E-state index in [1.54, 1.807) is 6.07 Å². The van der Waals surface area contributed by atoms with Crippen LogP contribution in [0, 0.1) is 10.1 Å². The maximum Gasteiger partial charge on any atom is 0.270 e. The van der Waals surface area contributed by atoms with Crippen molar-refractivity contribution in [3.8, 4) is 0 Å². The van der Waals surface area contributed by atoms with Crippen molar-refractivity contribution in [2.45, 2.75) is 9.79 Å². The first-order chi connectivity index (χ1) is 9.10. The fourth-order valence-corrected chi connectivity index (χ4v) is 2.99. The van der Waals surface area contributed by atoms with Gasteiger partial charge in [-0.1, -0.05) is 33.8 Å². The van der Waals surface area contributed by atoms with Crippen molar-refractivity contribution in [2.75, 3.05) is 0 Å². The van der Waals surface area contributed by atoms with Gasteiger partial charge in [0.15, 0.2) is 6.29 Å². The Morgan fingerprint density at radius 2 is 2.00 bits per heavy atom. The normalized spacial score (nSPS) is 10.2. The van der Waals surface area contributed by atoms with Crippen molar-refractivity contribution in [2.24, 2.45) is 0 Å². The average molecular weight is 338 g/mol. The number of aldehydes is 1. The Bertz CT molecular complexity index is 646. The number of nitro benzene ring substituents is 1. The lowest BCUT2D eigenvalue weighted by Crippen LogP contribution is -1.91. The van der Waals surface area contributed by atoms with Crippen molar-refractivity contribution in [3.63, 3.8) is 0 Å². The zero-order valence-electron chi connectivity index (χ0n) is 9.58. The Morgan fingerprint density at radius 1 is 1.21 bits per heavy atom. The van der Waals surface area contributed by atoms with Gasteiger partial charge in [-0.3, -0.25) is 14.9 Å². The summed E-state index contributed by atoms with van der Waals surface area (Å²) < 4.78 is 0.937. The van der Waals surface area contributed by atoms with Crippen molar-refractivity contribution in [1.82, 2.24) is 0 Å². The van der Waals surface area contributed by atoms with Gasteiger partial charge in [0, 0.05) is 32.0 Å². The zero-order valence-corrected chi connectivity index (χ0v) is 12.0. The first kappa shape index (κ1) is 13.8. The summed E-state index contributed by atoms with van der Waals surface area (Å²) in [5, 5.41) is 10.7. The van der Waals surface area contributed by atoms with E-state index in [1.165, 1.54) is 23.9 Å². The van der Waals surface area contributed by atoms with Crippen LogP contribution in [-0.2, 0) is 0 Å². The Balaban J connectivity index is 2.35. The number of halogens is 1. The zero-order chi connectivity index (χ0) is 13.8. The van der Waals surface area contributed by atoms with E-state index < -0.39 is 4.92 Å². The lowest BCUT2D eigenvalue weighted by molar-refractivity contribution is -0.384. The van der Waals surface area contributed by atoms with Crippen molar-refractivity contribution in [1.29, 1.82) is 0 Å². The van der Waals surface area contributed by atoms with E-state index in [4.69, 9.17) is 0 Å². The molecule has 0 aliphatic heterocycles. The predicted molar refractivity (Wildman–Crippen MR) is 76.7 cm³/mol. The SMILES string of the molecule is O=Cc1cc([N+](=O)[O-])ccc1Sc1cccc(Br)c1. The number of nitrogens with zero attached hydrogens (tertiary/aromatic N) is 1. The van der Waals surface area contributed by atoms with Gasteiger partial charge in [-0.05, 0) is 24.3 Å². The Hall–Kier alpha value is -1.66. The maximum absolute atomic E-state index is 11.0. The third-order valence-corrected chi connectivity index (χ3v) is 3.93. The van der Waals surface area contributed by atoms with Crippen LogP contribution >= 0.6 is 27.7 Å². The molecule has 0 aromatic heterocycles. The van der Waals surface area contributed by atoms with Crippen LogP contribution in [0.5, 0.6) is 0 Å². The maximum atomic E-state index is 11.0. The summed E-state index contributed by atoms with van der Waals surface area (Å²) in [5.41, 5.74) is 0.236. The van der Waals surface area contributed by atoms with Gasteiger partial charge in [0.25, 0.3) is 5.69 Å². The van der Waals surface area contributed by atoms with E-state index in [0.29, 0.717) is 16.7 Å². The Morgan fingerprint density at radius 3 is 2.63 bits per heavy atom. The first-order valence-corrected chi connectivity index (χ1v) is 6.88. The second kappa shape index (κ2) is 5.99. The number of hydrogen-bond acceptors (Lipinski definition) is 4. The third-order valence-electron chi connectivity index (χ3n) is 2.36. The molecule has 0 amide bonds. The van der Waals surface area contributed by atoms with Crippen LogP contribution in [0.4, 0.5) is 5.69 Å². The van der Waals surface area contributed by atoms with E-state index in [-0.39, 0.29) is 5.69 Å². The number of benzene rings is 2. The van der Waals surface area contributed by atoms with E-state index in [2.05, 4.69) is 15.9 Å². The van der Waals surface area contributed by atoms with Crippen molar-refractivity contribution < 1.29 is 9.72 Å². The molecule has 0 heterocycles. The van der Waals surface area contributed by atoms with Crippen LogP contribution < -0.4 is 0 Å². The molecule has 0 aliphatic carbocycles. The van der Waals surface area contributed by atoms with Gasteiger partial charge in [0.2, 0.25) is 0 Å². The molecule has 2 rings (SSSR count). The number of rotatable bonds is 4. The lowest BCUT2D eigenvalue weighted by Gasteiger charge is -2.05. The fraction of sp³-hybridized carbons (Fsp3) is 0. The first-order valence-electron chi connectivity index (χ1n) is 5.27. The molecule has 0 aliphatic rings. The minimum Gasteiger partial charge on any atom is -0.298 e. The van der Waals surface area contributed by atoms with Crippen LogP contribution in [0.3, 0.4) is 0 Å². The molecule has 4 nitrogen and oxygen atoms in total. The van der Waals surface area contributed by atoms with Gasteiger partial charge < -0.3 is 0 Å². The monoisotopic (exact) mass is 337 g/mol. The van der Waals surface area contributed by atoms with E-state index in [0.717, 1.165) is 9.37 Å². The minimum absolute atomic E-state index is 0.0827. The van der Waals surface area contributed by atoms with Gasteiger partial charge in [0.1, 0.15) is 0 Å². The van der Waals surface area contributed by atoms with Crippen molar-refractivity contribution in [3.05, 3.63) is 62.6 Å². The van der Waals surface area contributed by atoms with Crippen LogP contribution in [0.15, 0.2) is 56.7 Å². The second-order valence-electron chi connectivity index (χ2n) is 3.66. The van der Waals surface area contributed by atoms with Crippen LogP contribution in [-0.4, -0.2) is 11.2 Å². The standard InChI is InChI=1S/C13H8BrNO3S/c14-10-2-1-3-12(7-10)19-13-5-4-11(15(17)18)6-9(13)8-16/h1-8H. The molecular formula is C13H8BrNO3S. The van der Waals surface area contributed by atoms with Gasteiger partial charge in [-0.25, -0.2) is 0 Å². The highest BCUT2D eigenvalue weighted by Gasteiger charge is 2.11. The molecule has 6 heteroatoms. The molecule has 0 unspecified atom stereocenters. The molecule has 2 aromatic carbocycles. The van der Waals surface area contributed by atoms with E-state index in [9.17, 15) is 14.9 Å². The largest absolute Gasteiger partial charge is 0.298 e. The predicted octanol–water partition coefficient (Wildman–Crippen LogP) is 4.32. The number of non-ortho nitro benzene ring substituents is 1. The molecule has 0 saturated heterocycles. The van der Waals surface area contributed by atoms with Gasteiger partial charge in [0.05, 0.1) is 4.92 Å². The number of nitro groups is 1. The summed E-state index contributed by atoms with van der Waals surface area (Å²) in [5.74, 6) is 0. The molecule has 2 aromatic rings. The van der Waals surface area contributed by atoms with Gasteiger partial charge in [-0.15, -0.1) is 0 Å². The molecular weight excluding hydrogens is 330 g/mol. The van der Waals surface area contributed by atoms with E-state index in [1.807, 2.05) is 24.3 Å². The highest BCUT2D eigenvalue weighted by molar-refractivity contribution is 9.10. The minimum atomic E-state index is -0.513. The highest BCUT2D eigenvalue weighted by Crippen LogP contribution is 2.32. The summed E-state index contributed by atoms with van der Waals surface area (Å²) >= 11 is 4.76. The molecule has 0 atom stereocenters. The van der Waals surface area contributed by atoms with Crippen LogP contribution in [0.1, 0.15) is 10.4 Å². The summed E-state index contributed by atoms with van der Waals surface area (Å²) in [6.07, 6.45) is 0.632. The van der Waals surface area contributed by atoms with Gasteiger partial charge in [-0.2, -0.15) is 0 Å². The molecule has 19 heavy (non-hydrogen) atoms. The number of carbonyl (C=O) groups is 1. The molecule has 0 spiro atoms. The quantitative estimate of drug-likeness (QED) is 0.473. The molecule has 0 saturated carbocycles. The van der Waals surface area contributed by atoms with Crippen LogP contribution in [0.25, 0.3) is 0 Å². The van der Waals surface area contributed by atoms with Crippen molar-refractivity contribution >= 4 is 39.7 Å². The molecule has 0 fully saturated rings. The number of carbonyl (C=O) groups excluding carboxylic acids is 1. The summed E-state index contributed by atoms with van der Waals surface area (Å²) in [6, 6.07) is 11.9. The second-order valence-corrected chi connectivity index (χ2v) is 5.69. The molecule has 0 bridgehead atoms. The summed E-state index contributed by atoms with van der Waals surface area (Å²) in [7, 11) is 0. The number of hydrogen-bond donors (Lipinski definition) is 0. The molecule has 0 N–H and O–H groups in total. The van der Waals surface area contributed by atoms with Gasteiger partial charge >= 0.3 is 0 Å². The smallest absolute Gasteiger partial charge is 0.270 e. The third kappa shape index (κ3) is 3.42. The summed E-state index contributed by atoms with van der Waals surface area (Å²) in [4.78, 5) is 22.8. The Labute approximate surface area is 122 Å². The highest BCUT2D eigenvalue weighted by atomic mass is 79.9. The lowest BCUT2D eigenvalue weighted by atomic mass is 10.2. The fourth-order valence-electron chi connectivity index (χ4n) is 1.49. The summed E-state index contributed by atoms with van der Waals surface area (Å²) in [6.45, 7) is 0. The molecule has 96 valence electrons. The molecule has 0 radical (unpaired) electrons. The topological polar surface area (TPSA) is 60.2 Å². The average Bonchev–Trinajstić information content (AvgIpc) is 2.39. The van der Waals surface area contributed by atoms with E-state index >= 15 is 0 Å². The van der Waals surface area contributed by atoms with Crippen LogP contribution in [0.2, 0.25) is 0 Å². The Kier molecular flexibility index (Phi) is 4.34.